The molecule has 8 nitrogen and oxygen atoms in total. The number of hydrogen-bond acceptors (Lipinski definition) is 7. The first-order chi connectivity index (χ1) is 15.3. The summed E-state index contributed by atoms with van der Waals surface area (Å²) in [5.74, 6) is 0.0964. The molecule has 1 atom stereocenters. The summed E-state index contributed by atoms with van der Waals surface area (Å²) in [4.78, 5) is 23.5. The van der Waals surface area contributed by atoms with Crippen molar-refractivity contribution < 1.29 is 13.2 Å². The van der Waals surface area contributed by atoms with Crippen LogP contribution in [0.1, 0.15) is 40.4 Å². The van der Waals surface area contributed by atoms with Crippen LogP contribution in [0.2, 0.25) is 0 Å². The van der Waals surface area contributed by atoms with Crippen LogP contribution in [0, 0.1) is 6.92 Å². The molecule has 1 amide bonds. The number of rotatable bonds is 5. The van der Waals surface area contributed by atoms with E-state index in [1.54, 1.807) is 12.1 Å². The molecule has 1 aliphatic heterocycles. The molecule has 1 fully saturated rings. The van der Waals surface area contributed by atoms with E-state index in [0.717, 1.165) is 25.1 Å². The van der Waals surface area contributed by atoms with Gasteiger partial charge in [-0.25, -0.2) is 14.7 Å². The van der Waals surface area contributed by atoms with Crippen molar-refractivity contribution in [2.24, 2.45) is 0 Å². The molecule has 0 saturated carbocycles. The van der Waals surface area contributed by atoms with Crippen molar-refractivity contribution in [3.8, 4) is 0 Å². The van der Waals surface area contributed by atoms with Crippen LogP contribution in [0.15, 0.2) is 65.7 Å². The Morgan fingerprint density at radius 3 is 2.59 bits per heavy atom. The lowest BCUT2D eigenvalue weighted by Gasteiger charge is -2.35. The molecular weight excluding hydrogens is 426 g/mol. The molecule has 4 rings (SSSR count). The molecule has 0 bridgehead atoms. The normalized spacial score (nSPS) is 16.5. The van der Waals surface area contributed by atoms with Crippen LogP contribution in [0.25, 0.3) is 0 Å². The van der Waals surface area contributed by atoms with Crippen molar-refractivity contribution in [2.45, 2.75) is 30.7 Å². The summed E-state index contributed by atoms with van der Waals surface area (Å²) in [5, 5.41) is -0.311. The highest BCUT2D eigenvalue weighted by molar-refractivity contribution is 7.90. The molecule has 0 spiro atoms. The number of nitrogens with zero attached hydrogens (tertiary/aromatic N) is 3. The SMILES string of the molecule is Cc1ccc(C(=O)NS(=O)(=O)c2cccc(N)n2)c(N2CCC[C@@H](c3ccccc3)C2)n1. The van der Waals surface area contributed by atoms with E-state index in [0.29, 0.717) is 18.3 Å². The summed E-state index contributed by atoms with van der Waals surface area (Å²) in [6.07, 6.45) is 1.99. The maximum absolute atomic E-state index is 13.0. The molecule has 0 aliphatic carbocycles. The number of carbonyl (C=O) groups excluding carboxylic acids is 1. The highest BCUT2D eigenvalue weighted by Crippen LogP contribution is 2.31. The third-order valence-electron chi connectivity index (χ3n) is 5.50. The minimum absolute atomic E-state index is 0.0540. The van der Waals surface area contributed by atoms with E-state index in [-0.39, 0.29) is 16.4 Å². The number of nitrogens with one attached hydrogen (secondary N) is 1. The third kappa shape index (κ3) is 4.72. The quantitative estimate of drug-likeness (QED) is 0.612. The number of pyridine rings is 2. The van der Waals surface area contributed by atoms with Crippen LogP contribution in [0.5, 0.6) is 0 Å². The van der Waals surface area contributed by atoms with E-state index < -0.39 is 15.9 Å². The van der Waals surface area contributed by atoms with E-state index in [1.807, 2.05) is 25.1 Å². The third-order valence-corrected chi connectivity index (χ3v) is 6.73. The predicted molar refractivity (Wildman–Crippen MR) is 123 cm³/mol. The van der Waals surface area contributed by atoms with Crippen molar-refractivity contribution in [2.75, 3.05) is 23.7 Å². The van der Waals surface area contributed by atoms with Crippen LogP contribution >= 0.6 is 0 Å². The zero-order chi connectivity index (χ0) is 22.7. The van der Waals surface area contributed by atoms with Gasteiger partial charge in [-0.3, -0.25) is 4.79 Å². The number of amides is 1. The monoisotopic (exact) mass is 451 g/mol. The molecule has 3 aromatic rings. The number of nitrogen functional groups attached to an aromatic ring is 1. The predicted octanol–water partition coefficient (Wildman–Crippen LogP) is 2.87. The van der Waals surface area contributed by atoms with Gasteiger partial charge in [0.1, 0.15) is 11.6 Å². The number of aromatic nitrogens is 2. The van der Waals surface area contributed by atoms with Gasteiger partial charge in [0, 0.05) is 24.7 Å². The average molecular weight is 452 g/mol. The van der Waals surface area contributed by atoms with Gasteiger partial charge < -0.3 is 10.6 Å². The van der Waals surface area contributed by atoms with Crippen LogP contribution in [-0.2, 0) is 10.0 Å². The summed E-state index contributed by atoms with van der Waals surface area (Å²) in [6.45, 7) is 3.28. The number of benzene rings is 1. The minimum Gasteiger partial charge on any atom is -0.384 e. The van der Waals surface area contributed by atoms with E-state index in [2.05, 4.69) is 31.7 Å². The second kappa shape index (κ2) is 8.96. The lowest BCUT2D eigenvalue weighted by molar-refractivity contribution is 0.0981. The average Bonchev–Trinajstić information content (AvgIpc) is 2.79. The van der Waals surface area contributed by atoms with Crippen molar-refractivity contribution in [3.05, 3.63) is 77.5 Å². The van der Waals surface area contributed by atoms with Crippen molar-refractivity contribution >= 4 is 27.6 Å². The first-order valence-corrected chi connectivity index (χ1v) is 11.9. The number of carbonyl (C=O) groups is 1. The standard InChI is InChI=1S/C23H25N5O3S/c1-16-12-13-19(23(29)27-32(30,31)21-11-5-10-20(24)26-21)22(25-16)28-14-6-9-18(15-28)17-7-3-2-4-8-17/h2-5,7-8,10-13,18H,6,9,14-15H2,1H3,(H2,24,26)(H,27,29)/t18-/m1/s1. The first kappa shape index (κ1) is 21.8. The highest BCUT2D eigenvalue weighted by Gasteiger charge is 2.28. The second-order valence-corrected chi connectivity index (χ2v) is 9.48. The van der Waals surface area contributed by atoms with Gasteiger partial charge in [0.05, 0.1) is 5.56 Å². The first-order valence-electron chi connectivity index (χ1n) is 10.4. The molecule has 3 heterocycles. The van der Waals surface area contributed by atoms with Gasteiger partial charge in [-0.1, -0.05) is 36.4 Å². The number of hydrogen-bond donors (Lipinski definition) is 2. The number of aryl methyl sites for hydroxylation is 1. The van der Waals surface area contributed by atoms with Gasteiger partial charge in [-0.05, 0) is 49.6 Å². The van der Waals surface area contributed by atoms with Crippen LogP contribution in [-0.4, -0.2) is 37.4 Å². The topological polar surface area (TPSA) is 118 Å². The Kier molecular flexibility index (Phi) is 6.09. The summed E-state index contributed by atoms with van der Waals surface area (Å²) >= 11 is 0. The lowest BCUT2D eigenvalue weighted by Crippen LogP contribution is -2.38. The Bertz CT molecular complexity index is 1230. The number of nitrogens with two attached hydrogens (primary N) is 1. The summed E-state index contributed by atoms with van der Waals surface area (Å²) < 4.78 is 27.5. The van der Waals surface area contributed by atoms with E-state index in [4.69, 9.17) is 5.73 Å². The number of anilines is 2. The van der Waals surface area contributed by atoms with Gasteiger partial charge in [0.2, 0.25) is 0 Å². The Morgan fingerprint density at radius 2 is 1.84 bits per heavy atom. The highest BCUT2D eigenvalue weighted by atomic mass is 32.2. The fraction of sp³-hybridized carbons (Fsp3) is 0.261. The molecule has 2 aromatic heterocycles. The maximum Gasteiger partial charge on any atom is 0.281 e. The van der Waals surface area contributed by atoms with Crippen LogP contribution in [0.4, 0.5) is 11.6 Å². The van der Waals surface area contributed by atoms with Gasteiger partial charge in [-0.15, -0.1) is 0 Å². The van der Waals surface area contributed by atoms with Crippen LogP contribution in [0.3, 0.4) is 0 Å². The molecule has 3 N–H and O–H groups in total. The fourth-order valence-electron chi connectivity index (χ4n) is 3.94. The Hall–Kier alpha value is -3.46. The molecule has 1 aliphatic rings. The lowest BCUT2D eigenvalue weighted by atomic mass is 9.90. The number of sulfonamides is 1. The minimum atomic E-state index is -4.18. The maximum atomic E-state index is 13.0. The van der Waals surface area contributed by atoms with Gasteiger partial charge in [0.25, 0.3) is 15.9 Å². The van der Waals surface area contributed by atoms with Gasteiger partial charge in [-0.2, -0.15) is 8.42 Å². The molecule has 1 saturated heterocycles. The van der Waals surface area contributed by atoms with Gasteiger partial charge in [0.15, 0.2) is 5.03 Å². The van der Waals surface area contributed by atoms with Crippen molar-refractivity contribution in [1.82, 2.24) is 14.7 Å². The summed E-state index contributed by atoms with van der Waals surface area (Å²) in [5.41, 5.74) is 7.79. The zero-order valence-corrected chi connectivity index (χ0v) is 18.5. The van der Waals surface area contributed by atoms with Crippen LogP contribution < -0.4 is 15.4 Å². The molecule has 9 heteroatoms. The smallest absolute Gasteiger partial charge is 0.281 e. The number of piperidine rings is 1. The molecule has 1 aromatic carbocycles. The van der Waals surface area contributed by atoms with E-state index in [1.165, 1.54) is 23.8 Å². The molecule has 0 radical (unpaired) electrons. The Balaban J connectivity index is 1.61. The van der Waals surface area contributed by atoms with E-state index >= 15 is 0 Å². The Morgan fingerprint density at radius 1 is 1.06 bits per heavy atom. The van der Waals surface area contributed by atoms with Gasteiger partial charge >= 0.3 is 0 Å². The molecule has 166 valence electrons. The summed E-state index contributed by atoms with van der Waals surface area (Å²) in [6, 6.07) is 17.8. The molecular formula is C23H25N5O3S. The summed E-state index contributed by atoms with van der Waals surface area (Å²) in [7, 11) is -4.18. The van der Waals surface area contributed by atoms with Crippen molar-refractivity contribution in [3.63, 3.8) is 0 Å². The fourth-order valence-corrected chi connectivity index (χ4v) is 4.88. The zero-order valence-electron chi connectivity index (χ0n) is 17.7. The van der Waals surface area contributed by atoms with E-state index in [9.17, 15) is 13.2 Å². The second-order valence-electron chi connectivity index (χ2n) is 7.85. The largest absolute Gasteiger partial charge is 0.384 e. The Labute approximate surface area is 187 Å². The molecule has 32 heavy (non-hydrogen) atoms. The molecule has 0 unspecified atom stereocenters. The van der Waals surface area contributed by atoms with Crippen molar-refractivity contribution in [1.29, 1.82) is 0 Å².